The minimum absolute atomic E-state index is 0.0462. The van der Waals surface area contributed by atoms with Gasteiger partial charge in [0, 0.05) is 10.8 Å². The van der Waals surface area contributed by atoms with Crippen molar-refractivity contribution < 1.29 is 0 Å². The molecule has 0 saturated carbocycles. The Balaban J connectivity index is 2.20. The Morgan fingerprint density at radius 1 is 0.633 bits per heavy atom. The topological polar surface area (TPSA) is 47.6 Å². The molecule has 0 radical (unpaired) electrons. The molecule has 0 fully saturated rings. The zero-order valence-electron chi connectivity index (χ0n) is 19.4. The second-order valence-electron chi connectivity index (χ2n) is 11.3. The van der Waals surface area contributed by atoms with Gasteiger partial charge >= 0.3 is 0 Å². The predicted octanol–water partition coefficient (Wildman–Crippen LogP) is 7.05. The Labute approximate surface area is 181 Å². The number of hydrogen-bond acceptors (Lipinski definition) is 2. The molecule has 2 nitrogen and oxygen atoms in total. The van der Waals surface area contributed by atoms with Gasteiger partial charge in [-0.25, -0.2) is 0 Å². The van der Waals surface area contributed by atoms with Crippen LogP contribution in [0.5, 0.6) is 0 Å². The average molecular weight is 395 g/mol. The van der Waals surface area contributed by atoms with Crippen LogP contribution in [0.3, 0.4) is 0 Å². The van der Waals surface area contributed by atoms with E-state index in [1.54, 1.807) is 0 Å². The molecular formula is C28H30N2. The maximum Gasteiger partial charge on any atom is 0.101 e. The van der Waals surface area contributed by atoms with Gasteiger partial charge in [-0.05, 0) is 44.3 Å². The first-order chi connectivity index (χ1) is 13.8. The van der Waals surface area contributed by atoms with Crippen molar-refractivity contribution in [2.45, 2.75) is 55.4 Å². The minimum Gasteiger partial charge on any atom is -0.192 e. The van der Waals surface area contributed by atoms with Crippen molar-refractivity contribution in [3.05, 3.63) is 81.0 Å². The standard InChI is InChI=1S/C28H30N2/c1-25(2,3)19-11-17-9-10-18-12-20(26(4,5)6)14-24-22(16-30)21(15-29)23(13-19)27(17,7)28(18,24)8/h9-14H,1-8H3. The highest BCUT2D eigenvalue weighted by molar-refractivity contribution is 5.76. The first kappa shape index (κ1) is 20.4. The van der Waals surface area contributed by atoms with E-state index in [4.69, 9.17) is 0 Å². The molecule has 4 rings (SSSR count). The molecule has 0 aromatic heterocycles. The van der Waals surface area contributed by atoms with Crippen LogP contribution in [0, 0.1) is 44.3 Å². The van der Waals surface area contributed by atoms with Gasteiger partial charge in [-0.3, -0.25) is 0 Å². The fraction of sp³-hybridized carbons (Fsp3) is 0.429. The molecular weight excluding hydrogens is 364 g/mol. The summed E-state index contributed by atoms with van der Waals surface area (Å²) in [6.45, 7) is 17.7. The molecule has 4 aliphatic carbocycles. The average Bonchev–Trinajstić information content (AvgIpc) is 2.63. The van der Waals surface area contributed by atoms with Crippen LogP contribution >= 0.6 is 0 Å². The van der Waals surface area contributed by atoms with Crippen molar-refractivity contribution in [1.82, 2.24) is 0 Å². The van der Waals surface area contributed by atoms with Gasteiger partial charge in [0.1, 0.15) is 12.1 Å². The third-order valence-corrected chi connectivity index (χ3v) is 7.64. The summed E-state index contributed by atoms with van der Waals surface area (Å²) in [5.41, 5.74) is 7.00. The zero-order chi connectivity index (χ0) is 22.3. The van der Waals surface area contributed by atoms with E-state index in [2.05, 4.69) is 104 Å². The molecule has 4 aliphatic rings. The van der Waals surface area contributed by atoms with Crippen LogP contribution in [0.4, 0.5) is 0 Å². The summed E-state index contributed by atoms with van der Waals surface area (Å²) >= 11 is 0. The van der Waals surface area contributed by atoms with Gasteiger partial charge in [0.05, 0.1) is 11.1 Å². The maximum atomic E-state index is 10.2. The second kappa shape index (κ2) is 5.86. The van der Waals surface area contributed by atoms with Crippen molar-refractivity contribution in [1.29, 1.82) is 10.5 Å². The SMILES string of the molecule is CC(C)(C)C1=CC2=C(C#N)C(C#N)=C3C=C(C(C)(C)C)C=C4C=CC(=C1)C2(C)C43C. The Morgan fingerprint density at radius 3 is 1.23 bits per heavy atom. The van der Waals surface area contributed by atoms with E-state index in [0.29, 0.717) is 11.1 Å². The van der Waals surface area contributed by atoms with Crippen LogP contribution in [0.1, 0.15) is 55.4 Å². The van der Waals surface area contributed by atoms with Crippen LogP contribution in [-0.2, 0) is 0 Å². The fourth-order valence-corrected chi connectivity index (χ4v) is 5.35. The highest BCUT2D eigenvalue weighted by Crippen LogP contribution is 2.68. The lowest BCUT2D eigenvalue weighted by atomic mass is 9.44. The summed E-state index contributed by atoms with van der Waals surface area (Å²) < 4.78 is 0. The number of nitrogens with zero attached hydrogens (tertiary/aromatic N) is 2. The van der Waals surface area contributed by atoms with Crippen molar-refractivity contribution in [2.24, 2.45) is 21.7 Å². The van der Waals surface area contributed by atoms with Crippen LogP contribution in [0.15, 0.2) is 81.0 Å². The molecule has 0 aliphatic heterocycles. The number of hydrogen-bond donors (Lipinski definition) is 0. The third-order valence-electron chi connectivity index (χ3n) is 7.64. The van der Waals surface area contributed by atoms with Crippen LogP contribution in [-0.4, -0.2) is 0 Å². The smallest absolute Gasteiger partial charge is 0.101 e. The molecule has 0 heterocycles. The van der Waals surface area contributed by atoms with Gasteiger partial charge in [0.15, 0.2) is 0 Å². The Morgan fingerprint density at radius 2 is 0.967 bits per heavy atom. The van der Waals surface area contributed by atoms with Crippen molar-refractivity contribution >= 4 is 0 Å². The molecule has 2 atom stereocenters. The maximum absolute atomic E-state index is 10.2. The highest BCUT2D eigenvalue weighted by Gasteiger charge is 2.59. The van der Waals surface area contributed by atoms with Crippen LogP contribution < -0.4 is 0 Å². The van der Waals surface area contributed by atoms with Gasteiger partial charge in [-0.15, -0.1) is 0 Å². The molecule has 0 amide bonds. The summed E-state index contributed by atoms with van der Waals surface area (Å²) in [6.07, 6.45) is 13.4. The number of nitriles is 2. The van der Waals surface area contributed by atoms with E-state index in [0.717, 1.165) is 11.1 Å². The third kappa shape index (κ3) is 2.34. The Bertz CT molecular complexity index is 1080. The molecule has 0 aromatic carbocycles. The Kier molecular flexibility index (Phi) is 3.99. The van der Waals surface area contributed by atoms with E-state index in [-0.39, 0.29) is 21.7 Å². The van der Waals surface area contributed by atoms with E-state index in [9.17, 15) is 10.5 Å². The lowest BCUT2D eigenvalue weighted by Crippen LogP contribution is -2.49. The number of rotatable bonds is 0. The van der Waals surface area contributed by atoms with Crippen molar-refractivity contribution in [3.8, 4) is 12.1 Å². The molecule has 0 spiro atoms. The molecule has 152 valence electrons. The molecule has 2 unspecified atom stereocenters. The quantitative estimate of drug-likeness (QED) is 0.442. The first-order valence-corrected chi connectivity index (χ1v) is 10.7. The lowest BCUT2D eigenvalue weighted by Gasteiger charge is -2.58. The van der Waals surface area contributed by atoms with Gasteiger partial charge in [-0.2, -0.15) is 10.5 Å². The predicted molar refractivity (Wildman–Crippen MR) is 122 cm³/mol. The van der Waals surface area contributed by atoms with Crippen molar-refractivity contribution in [3.63, 3.8) is 0 Å². The summed E-state index contributed by atoms with van der Waals surface area (Å²) in [6, 6.07) is 4.84. The van der Waals surface area contributed by atoms with E-state index in [1.165, 1.54) is 22.3 Å². The minimum atomic E-state index is -0.386. The molecule has 0 aromatic rings. The van der Waals surface area contributed by atoms with E-state index < -0.39 is 0 Å². The summed E-state index contributed by atoms with van der Waals surface area (Å²) in [5.74, 6) is 0. The van der Waals surface area contributed by atoms with Gasteiger partial charge in [-0.1, -0.05) is 91.8 Å². The van der Waals surface area contributed by atoms with E-state index >= 15 is 0 Å². The Hall–Kier alpha value is -2.84. The molecule has 2 heteroatoms. The molecule has 0 bridgehead atoms. The molecule has 30 heavy (non-hydrogen) atoms. The lowest BCUT2D eigenvalue weighted by molar-refractivity contribution is 0.242. The molecule has 0 N–H and O–H groups in total. The summed E-state index contributed by atoms with van der Waals surface area (Å²) in [4.78, 5) is 0. The normalized spacial score (nSPS) is 29.9. The van der Waals surface area contributed by atoms with Gasteiger partial charge in [0.25, 0.3) is 0 Å². The van der Waals surface area contributed by atoms with Crippen LogP contribution in [0.2, 0.25) is 0 Å². The largest absolute Gasteiger partial charge is 0.192 e. The highest BCUT2D eigenvalue weighted by atomic mass is 14.6. The first-order valence-electron chi connectivity index (χ1n) is 10.7. The summed E-state index contributed by atoms with van der Waals surface area (Å²) in [5, 5.41) is 20.4. The van der Waals surface area contributed by atoms with E-state index in [1.807, 2.05) is 0 Å². The molecule has 0 saturated heterocycles. The van der Waals surface area contributed by atoms with Gasteiger partial charge < -0.3 is 0 Å². The van der Waals surface area contributed by atoms with Gasteiger partial charge in [0.2, 0.25) is 0 Å². The summed E-state index contributed by atoms with van der Waals surface area (Å²) in [7, 11) is 0. The fourth-order valence-electron chi connectivity index (χ4n) is 5.35. The van der Waals surface area contributed by atoms with Crippen molar-refractivity contribution in [2.75, 3.05) is 0 Å². The monoisotopic (exact) mass is 394 g/mol. The number of allylic oxidation sites excluding steroid dienone is 14. The zero-order valence-corrected chi connectivity index (χ0v) is 19.4. The van der Waals surface area contributed by atoms with Crippen LogP contribution in [0.25, 0.3) is 0 Å². The second-order valence-corrected chi connectivity index (χ2v) is 11.3.